The minimum absolute atomic E-state index is 0.657. The molecule has 1 aromatic carbocycles. The van der Waals surface area contributed by atoms with E-state index in [0.717, 1.165) is 17.2 Å². The zero-order chi connectivity index (χ0) is 18.6. The fourth-order valence-corrected chi connectivity index (χ4v) is 11.0. The first kappa shape index (κ1) is 20.5. The van der Waals surface area contributed by atoms with Crippen molar-refractivity contribution >= 4 is 8.32 Å². The molecule has 0 bridgehead atoms. The number of hydrogen-bond donors (Lipinski definition) is 0. The van der Waals surface area contributed by atoms with Crippen molar-refractivity contribution in [3.05, 3.63) is 29.3 Å². The predicted octanol–water partition coefficient (Wildman–Crippen LogP) is 6.87. The van der Waals surface area contributed by atoms with Crippen molar-refractivity contribution in [3.8, 4) is 5.75 Å². The highest BCUT2D eigenvalue weighted by Gasteiger charge is 2.58. The lowest BCUT2D eigenvalue weighted by Gasteiger charge is -2.41. The summed E-state index contributed by atoms with van der Waals surface area (Å²) in [6, 6.07) is 6.47. The molecule has 0 aromatic heterocycles. The molecular formula is C22H38O2Si. The van der Waals surface area contributed by atoms with Gasteiger partial charge in [0.25, 0.3) is 0 Å². The molecule has 1 fully saturated rings. The minimum Gasteiger partial charge on any atom is -0.494 e. The van der Waals surface area contributed by atoms with Gasteiger partial charge < -0.3 is 9.16 Å². The topological polar surface area (TPSA) is 18.5 Å². The molecule has 0 spiro atoms. The van der Waals surface area contributed by atoms with Crippen LogP contribution in [-0.2, 0) is 11.0 Å². The molecule has 0 aliphatic heterocycles. The van der Waals surface area contributed by atoms with Crippen LogP contribution in [0, 0.1) is 12.8 Å². The molecule has 4 atom stereocenters. The Bertz CT molecular complexity index is 557. The van der Waals surface area contributed by atoms with Crippen molar-refractivity contribution in [2.75, 3.05) is 6.61 Å². The molecule has 25 heavy (non-hydrogen) atoms. The van der Waals surface area contributed by atoms with Gasteiger partial charge in [0, 0.05) is 5.56 Å². The van der Waals surface area contributed by atoms with E-state index in [4.69, 9.17) is 9.16 Å². The Labute approximate surface area is 156 Å². The zero-order valence-corrected chi connectivity index (χ0v) is 18.4. The first-order valence-corrected chi connectivity index (χ1v) is 12.4. The summed E-state index contributed by atoms with van der Waals surface area (Å²) in [4.78, 5) is 0. The Kier molecular flexibility index (Phi) is 7.16. The molecule has 1 aromatic rings. The van der Waals surface area contributed by atoms with Gasteiger partial charge in [-0.15, -0.1) is 0 Å². The molecule has 2 rings (SSSR count). The van der Waals surface area contributed by atoms with Crippen molar-refractivity contribution in [2.24, 2.45) is 5.92 Å². The lowest BCUT2D eigenvalue weighted by atomic mass is 10.1. The quantitative estimate of drug-likeness (QED) is 0.423. The van der Waals surface area contributed by atoms with Crippen LogP contribution in [0.3, 0.4) is 0 Å². The summed E-state index contributed by atoms with van der Waals surface area (Å²) in [5.74, 6) is 1.84. The summed E-state index contributed by atoms with van der Waals surface area (Å²) in [6.07, 6.45) is 3.91. The molecular weight excluding hydrogens is 324 g/mol. The summed E-state index contributed by atoms with van der Waals surface area (Å²) in [5, 5.41) is 0. The second-order valence-electron chi connectivity index (χ2n) is 8.35. The van der Waals surface area contributed by atoms with Crippen molar-refractivity contribution in [1.82, 2.24) is 0 Å². The van der Waals surface area contributed by atoms with E-state index in [9.17, 15) is 0 Å². The molecule has 1 aliphatic rings. The summed E-state index contributed by atoms with van der Waals surface area (Å²) >= 11 is 0. The number of rotatable bonds is 10. The van der Waals surface area contributed by atoms with E-state index in [1.54, 1.807) is 0 Å². The van der Waals surface area contributed by atoms with Gasteiger partial charge in [0.2, 0.25) is 8.32 Å². The maximum absolute atomic E-state index is 6.99. The van der Waals surface area contributed by atoms with Gasteiger partial charge in [0.15, 0.2) is 0 Å². The van der Waals surface area contributed by atoms with Gasteiger partial charge in [0.1, 0.15) is 5.75 Å². The van der Waals surface area contributed by atoms with Crippen LogP contribution in [0.2, 0.25) is 16.6 Å². The number of aryl methyl sites for hydroxylation is 1. The van der Waals surface area contributed by atoms with Gasteiger partial charge in [-0.2, -0.15) is 0 Å². The Balaban J connectivity index is 2.27. The number of hydrogen-bond acceptors (Lipinski definition) is 2. The van der Waals surface area contributed by atoms with Crippen LogP contribution >= 0.6 is 0 Å². The Hall–Kier alpha value is -0.803. The lowest BCUT2D eigenvalue weighted by Crippen LogP contribution is -2.46. The Morgan fingerprint density at radius 2 is 1.88 bits per heavy atom. The van der Waals surface area contributed by atoms with Gasteiger partial charge in [-0.3, -0.25) is 0 Å². The van der Waals surface area contributed by atoms with Crippen molar-refractivity contribution in [2.45, 2.75) is 91.0 Å². The van der Waals surface area contributed by atoms with Crippen LogP contribution in [0.4, 0.5) is 0 Å². The number of ether oxygens (including phenoxy) is 1. The predicted molar refractivity (Wildman–Crippen MR) is 110 cm³/mol. The SMILES string of the molecule is CCCC(C)[Si](OCc1cc(C)ccc1OCC)(C(C)C)C1CC1C. The fraction of sp³-hybridized carbons (Fsp3) is 0.727. The highest BCUT2D eigenvalue weighted by molar-refractivity contribution is 6.78. The largest absolute Gasteiger partial charge is 0.494 e. The molecule has 3 heteroatoms. The van der Waals surface area contributed by atoms with Crippen LogP contribution in [0.1, 0.15) is 71.9 Å². The molecule has 0 amide bonds. The monoisotopic (exact) mass is 362 g/mol. The van der Waals surface area contributed by atoms with E-state index in [1.807, 2.05) is 6.92 Å². The normalized spacial score (nSPS) is 23.4. The highest BCUT2D eigenvalue weighted by Crippen LogP contribution is 2.60. The molecule has 4 unspecified atom stereocenters. The second-order valence-corrected chi connectivity index (χ2v) is 13.2. The maximum atomic E-state index is 6.99. The molecule has 0 N–H and O–H groups in total. The van der Waals surface area contributed by atoms with Gasteiger partial charge in [-0.25, -0.2) is 0 Å². The average molecular weight is 363 g/mol. The van der Waals surface area contributed by atoms with Gasteiger partial charge in [-0.1, -0.05) is 65.2 Å². The average Bonchev–Trinajstić information content (AvgIpc) is 3.27. The van der Waals surface area contributed by atoms with E-state index >= 15 is 0 Å². The van der Waals surface area contributed by atoms with E-state index in [0.29, 0.717) is 24.3 Å². The molecule has 0 heterocycles. The van der Waals surface area contributed by atoms with Crippen LogP contribution in [0.5, 0.6) is 5.75 Å². The first-order valence-electron chi connectivity index (χ1n) is 10.2. The highest BCUT2D eigenvalue weighted by atomic mass is 28.4. The van der Waals surface area contributed by atoms with Crippen LogP contribution < -0.4 is 4.74 Å². The maximum Gasteiger partial charge on any atom is 0.201 e. The third-order valence-corrected chi connectivity index (χ3v) is 12.3. The molecule has 0 saturated heterocycles. The zero-order valence-electron chi connectivity index (χ0n) is 17.4. The van der Waals surface area contributed by atoms with Crippen molar-refractivity contribution in [1.29, 1.82) is 0 Å². The van der Waals surface area contributed by atoms with E-state index < -0.39 is 8.32 Å². The van der Waals surface area contributed by atoms with Gasteiger partial charge in [-0.05, 0) is 48.9 Å². The third-order valence-electron chi connectivity index (χ3n) is 6.08. The third kappa shape index (κ3) is 4.49. The summed E-state index contributed by atoms with van der Waals surface area (Å²) in [5.41, 5.74) is 4.70. The van der Waals surface area contributed by atoms with E-state index in [1.165, 1.54) is 30.4 Å². The first-order chi connectivity index (χ1) is 11.9. The summed E-state index contributed by atoms with van der Waals surface area (Å²) < 4.78 is 12.8. The Morgan fingerprint density at radius 3 is 2.40 bits per heavy atom. The smallest absolute Gasteiger partial charge is 0.201 e. The molecule has 1 aliphatic carbocycles. The molecule has 0 radical (unpaired) electrons. The molecule has 1 saturated carbocycles. The summed E-state index contributed by atoms with van der Waals surface area (Å²) in [6.45, 7) is 17.6. The molecule has 142 valence electrons. The number of benzene rings is 1. The van der Waals surface area contributed by atoms with Crippen molar-refractivity contribution < 1.29 is 9.16 Å². The standard InChI is InChI=1S/C22H38O2Si/c1-8-10-19(7)25(16(3)4,22-14-18(22)6)24-15-20-13-17(5)11-12-21(20)23-9-2/h11-13,16,18-19,22H,8-10,14-15H2,1-7H3. The van der Waals surface area contributed by atoms with Crippen LogP contribution in [0.15, 0.2) is 18.2 Å². The molecule has 2 nitrogen and oxygen atoms in total. The van der Waals surface area contributed by atoms with E-state index in [2.05, 4.69) is 59.7 Å². The minimum atomic E-state index is -1.83. The summed E-state index contributed by atoms with van der Waals surface area (Å²) in [7, 11) is -1.83. The lowest BCUT2D eigenvalue weighted by molar-refractivity contribution is 0.255. The van der Waals surface area contributed by atoms with Gasteiger partial charge >= 0.3 is 0 Å². The van der Waals surface area contributed by atoms with Gasteiger partial charge in [0.05, 0.1) is 13.2 Å². The second kappa shape index (κ2) is 8.72. The van der Waals surface area contributed by atoms with Crippen LogP contribution in [0.25, 0.3) is 0 Å². The van der Waals surface area contributed by atoms with E-state index in [-0.39, 0.29) is 0 Å². The van der Waals surface area contributed by atoms with Crippen LogP contribution in [-0.4, -0.2) is 14.9 Å². The fourth-order valence-electron chi connectivity index (χ4n) is 4.71. The Morgan fingerprint density at radius 1 is 1.20 bits per heavy atom. The van der Waals surface area contributed by atoms with Crippen molar-refractivity contribution in [3.63, 3.8) is 0 Å².